The number of sulfonamides is 1. The van der Waals surface area contributed by atoms with Crippen molar-refractivity contribution in [3.8, 4) is 5.75 Å². The Morgan fingerprint density at radius 1 is 1.15 bits per heavy atom. The average Bonchev–Trinajstić information content (AvgIpc) is 2.84. The molecule has 1 saturated heterocycles. The second-order valence-corrected chi connectivity index (χ2v) is 10.3. The van der Waals surface area contributed by atoms with Crippen molar-refractivity contribution in [1.82, 2.24) is 14.5 Å². The Morgan fingerprint density at radius 3 is 2.42 bits per heavy atom. The van der Waals surface area contributed by atoms with Gasteiger partial charge in [0.2, 0.25) is 10.0 Å². The van der Waals surface area contributed by atoms with Gasteiger partial charge in [0.15, 0.2) is 0 Å². The van der Waals surface area contributed by atoms with E-state index in [1.54, 1.807) is 33.1 Å². The fraction of sp³-hybridized carbons (Fsp3) is 0.458. The number of nitrogens with one attached hydrogen (secondary N) is 1. The van der Waals surface area contributed by atoms with Gasteiger partial charge in [0.05, 0.1) is 31.3 Å². The number of hydrogen-bond acceptors (Lipinski definition) is 6. The lowest BCUT2D eigenvalue weighted by atomic mass is 10.0. The smallest absolute Gasteiger partial charge is 0.251 e. The molecular formula is C24H33N3O5S. The number of rotatable bonds is 9. The van der Waals surface area contributed by atoms with Crippen molar-refractivity contribution in [3.05, 3.63) is 59.7 Å². The first-order chi connectivity index (χ1) is 15.7. The lowest BCUT2D eigenvalue weighted by Crippen LogP contribution is -2.43. The van der Waals surface area contributed by atoms with Gasteiger partial charge in [0, 0.05) is 38.3 Å². The average molecular weight is 476 g/mol. The first kappa shape index (κ1) is 25.2. The normalized spacial score (nSPS) is 16.1. The molecule has 0 bridgehead atoms. The molecule has 180 valence electrons. The van der Waals surface area contributed by atoms with Crippen LogP contribution in [0.2, 0.25) is 0 Å². The molecule has 2 aromatic rings. The molecule has 1 heterocycles. The molecule has 3 rings (SSSR count). The molecule has 0 aliphatic carbocycles. The molecule has 1 aliphatic rings. The zero-order valence-electron chi connectivity index (χ0n) is 19.7. The second kappa shape index (κ2) is 11.1. The molecule has 1 N–H and O–H groups in total. The summed E-state index contributed by atoms with van der Waals surface area (Å²) >= 11 is 0. The Hall–Kier alpha value is -2.46. The molecule has 8 nitrogen and oxygen atoms in total. The van der Waals surface area contributed by atoms with Crippen molar-refractivity contribution >= 4 is 15.9 Å². The molecule has 0 saturated carbocycles. The molecule has 1 amide bonds. The highest BCUT2D eigenvalue weighted by molar-refractivity contribution is 7.89. The minimum absolute atomic E-state index is 0.0391. The van der Waals surface area contributed by atoms with E-state index in [-0.39, 0.29) is 22.9 Å². The van der Waals surface area contributed by atoms with E-state index in [2.05, 4.69) is 10.2 Å². The number of nitrogens with zero attached hydrogens (tertiary/aromatic N) is 2. The number of carbonyl (C=O) groups is 1. The fourth-order valence-electron chi connectivity index (χ4n) is 3.71. The van der Waals surface area contributed by atoms with Gasteiger partial charge in [0.1, 0.15) is 5.75 Å². The number of carbonyl (C=O) groups excluding carboxylic acids is 1. The highest BCUT2D eigenvalue weighted by Gasteiger charge is 2.26. The van der Waals surface area contributed by atoms with Gasteiger partial charge in [-0.05, 0) is 49.7 Å². The van der Waals surface area contributed by atoms with Crippen molar-refractivity contribution < 1.29 is 22.7 Å². The van der Waals surface area contributed by atoms with Crippen LogP contribution in [0, 0.1) is 0 Å². The topological polar surface area (TPSA) is 88.2 Å². The molecule has 1 fully saturated rings. The van der Waals surface area contributed by atoms with E-state index in [0.717, 1.165) is 24.4 Å². The predicted octanol–water partition coefficient (Wildman–Crippen LogP) is 2.53. The van der Waals surface area contributed by atoms with Crippen molar-refractivity contribution in [1.29, 1.82) is 0 Å². The molecule has 0 spiro atoms. The number of hydrogen-bond donors (Lipinski definition) is 1. The third-order valence-electron chi connectivity index (χ3n) is 5.94. The summed E-state index contributed by atoms with van der Waals surface area (Å²) in [6, 6.07) is 13.8. The van der Waals surface area contributed by atoms with Gasteiger partial charge in [-0.15, -0.1) is 0 Å². The Kier molecular flexibility index (Phi) is 8.47. The Balaban J connectivity index is 1.77. The molecule has 0 aromatic heterocycles. The maximum atomic E-state index is 13.0. The molecule has 33 heavy (non-hydrogen) atoms. The van der Waals surface area contributed by atoms with Gasteiger partial charge in [-0.1, -0.05) is 18.2 Å². The first-order valence-corrected chi connectivity index (χ1v) is 12.5. The number of ether oxygens (including phenoxy) is 2. The summed E-state index contributed by atoms with van der Waals surface area (Å²) < 4.78 is 37.7. The molecular weight excluding hydrogens is 442 g/mol. The van der Waals surface area contributed by atoms with E-state index in [1.165, 1.54) is 23.5 Å². The fourth-order valence-corrected chi connectivity index (χ4v) is 5.12. The summed E-state index contributed by atoms with van der Waals surface area (Å²) in [5.74, 6) is 0.457. The van der Waals surface area contributed by atoms with E-state index in [9.17, 15) is 13.2 Å². The third kappa shape index (κ3) is 6.11. The van der Waals surface area contributed by atoms with E-state index in [1.807, 2.05) is 24.3 Å². The summed E-state index contributed by atoms with van der Waals surface area (Å²) in [5.41, 5.74) is 1.37. The van der Waals surface area contributed by atoms with Crippen LogP contribution in [-0.4, -0.2) is 76.6 Å². The summed E-state index contributed by atoms with van der Waals surface area (Å²) in [5, 5.41) is 2.99. The predicted molar refractivity (Wildman–Crippen MR) is 127 cm³/mol. The largest absolute Gasteiger partial charge is 0.497 e. The summed E-state index contributed by atoms with van der Waals surface area (Å²) in [7, 11) is -0.510. The van der Waals surface area contributed by atoms with Gasteiger partial charge in [-0.3, -0.25) is 9.69 Å². The van der Waals surface area contributed by atoms with Crippen LogP contribution in [0.4, 0.5) is 0 Å². The van der Waals surface area contributed by atoms with E-state index < -0.39 is 10.0 Å². The second-order valence-electron chi connectivity index (χ2n) is 8.29. The van der Waals surface area contributed by atoms with Crippen LogP contribution in [0.25, 0.3) is 0 Å². The zero-order chi connectivity index (χ0) is 24.0. The Bertz CT molecular complexity index is 1030. The van der Waals surface area contributed by atoms with Crippen molar-refractivity contribution in [2.75, 3.05) is 47.0 Å². The van der Waals surface area contributed by atoms with Crippen LogP contribution in [0.1, 0.15) is 35.8 Å². The van der Waals surface area contributed by atoms with E-state index in [0.29, 0.717) is 25.3 Å². The van der Waals surface area contributed by atoms with Gasteiger partial charge in [-0.25, -0.2) is 8.42 Å². The quantitative estimate of drug-likeness (QED) is 0.600. The first-order valence-electron chi connectivity index (χ1n) is 11.1. The molecule has 1 unspecified atom stereocenters. The highest BCUT2D eigenvalue weighted by Crippen LogP contribution is 2.24. The SMILES string of the molecule is COc1ccc(C(CNC(=O)c2cccc(S(=O)(=O)N(C)C(C)C)c2)N2CCOCC2)cc1. The van der Waals surface area contributed by atoms with Gasteiger partial charge in [-0.2, -0.15) is 4.31 Å². The maximum Gasteiger partial charge on any atom is 0.251 e. The molecule has 1 aliphatic heterocycles. The molecule has 1 atom stereocenters. The lowest BCUT2D eigenvalue weighted by molar-refractivity contribution is 0.0162. The van der Waals surface area contributed by atoms with Crippen LogP contribution in [-0.2, 0) is 14.8 Å². The summed E-state index contributed by atoms with van der Waals surface area (Å²) in [6.07, 6.45) is 0. The molecule has 9 heteroatoms. The third-order valence-corrected chi connectivity index (χ3v) is 7.97. The lowest BCUT2D eigenvalue weighted by Gasteiger charge is -2.35. The van der Waals surface area contributed by atoms with E-state index in [4.69, 9.17) is 9.47 Å². The monoisotopic (exact) mass is 475 g/mol. The number of benzene rings is 2. The van der Waals surface area contributed by atoms with Crippen molar-refractivity contribution in [3.63, 3.8) is 0 Å². The number of morpholine rings is 1. The minimum Gasteiger partial charge on any atom is -0.497 e. The standard InChI is InChI=1S/C24H33N3O5S/c1-18(2)26(3)33(29,30)22-7-5-6-20(16-22)24(28)25-17-23(27-12-14-32-15-13-27)19-8-10-21(31-4)11-9-19/h5-11,16,18,23H,12-15,17H2,1-4H3,(H,25,28). The molecule has 2 aromatic carbocycles. The van der Waals surface area contributed by atoms with Gasteiger partial charge < -0.3 is 14.8 Å². The Morgan fingerprint density at radius 2 is 1.82 bits per heavy atom. The number of methoxy groups -OCH3 is 1. The van der Waals surface area contributed by atoms with Gasteiger partial charge >= 0.3 is 0 Å². The van der Waals surface area contributed by atoms with E-state index >= 15 is 0 Å². The maximum absolute atomic E-state index is 13.0. The van der Waals surface area contributed by atoms with Crippen LogP contribution >= 0.6 is 0 Å². The highest BCUT2D eigenvalue weighted by atomic mass is 32.2. The summed E-state index contributed by atoms with van der Waals surface area (Å²) in [4.78, 5) is 15.3. The van der Waals surface area contributed by atoms with Crippen LogP contribution in [0.3, 0.4) is 0 Å². The van der Waals surface area contributed by atoms with Crippen LogP contribution in [0.5, 0.6) is 5.75 Å². The summed E-state index contributed by atoms with van der Waals surface area (Å²) in [6.45, 7) is 6.81. The zero-order valence-corrected chi connectivity index (χ0v) is 20.5. The van der Waals surface area contributed by atoms with Crippen LogP contribution < -0.4 is 10.1 Å². The van der Waals surface area contributed by atoms with Crippen LogP contribution in [0.15, 0.2) is 53.4 Å². The number of amides is 1. The van der Waals surface area contributed by atoms with Crippen molar-refractivity contribution in [2.24, 2.45) is 0 Å². The Labute approximate surface area is 196 Å². The van der Waals surface area contributed by atoms with Gasteiger partial charge in [0.25, 0.3) is 5.91 Å². The molecule has 0 radical (unpaired) electrons. The van der Waals surface area contributed by atoms with Crippen molar-refractivity contribution in [2.45, 2.75) is 30.8 Å². The minimum atomic E-state index is -3.67.